The Morgan fingerprint density at radius 2 is 2.36 bits per heavy atom. The summed E-state index contributed by atoms with van der Waals surface area (Å²) in [6, 6.07) is 3.83. The summed E-state index contributed by atoms with van der Waals surface area (Å²) in [5.41, 5.74) is 1.15. The summed E-state index contributed by atoms with van der Waals surface area (Å²) >= 11 is 7.20. The van der Waals surface area contributed by atoms with Gasteiger partial charge in [0.05, 0.1) is 5.29 Å². The van der Waals surface area contributed by atoms with E-state index in [1.165, 1.54) is 24.6 Å². The van der Waals surface area contributed by atoms with Crippen molar-refractivity contribution in [3.63, 3.8) is 0 Å². The van der Waals surface area contributed by atoms with Gasteiger partial charge in [0.15, 0.2) is 5.17 Å². The van der Waals surface area contributed by atoms with Gasteiger partial charge in [-0.05, 0) is 36.6 Å². The topological polar surface area (TPSA) is 70.0 Å². The molecule has 0 saturated heterocycles. The number of thioether (sulfide) groups is 1. The van der Waals surface area contributed by atoms with Crippen molar-refractivity contribution in [3.05, 3.63) is 34.0 Å². The van der Waals surface area contributed by atoms with Crippen LogP contribution in [-0.4, -0.2) is 40.9 Å². The molecule has 1 aromatic heterocycles. The maximum absolute atomic E-state index is 10.2. The van der Waals surface area contributed by atoms with E-state index in [0.29, 0.717) is 10.3 Å². The normalized spacial score (nSPS) is 15.1. The third kappa shape index (κ3) is 6.29. The lowest BCUT2D eigenvalue weighted by Gasteiger charge is -2.22. The van der Waals surface area contributed by atoms with Gasteiger partial charge in [0.1, 0.15) is 5.15 Å². The SMILES string of the molecule is CS/C(=N\N=O)NCCN(Cc1ccc(Cl)nc1)CC1CC1. The van der Waals surface area contributed by atoms with Crippen LogP contribution in [0.2, 0.25) is 5.15 Å². The largest absolute Gasteiger partial charge is 0.362 e. The van der Waals surface area contributed by atoms with E-state index in [1.807, 2.05) is 24.6 Å². The smallest absolute Gasteiger partial charge is 0.186 e. The van der Waals surface area contributed by atoms with Crippen molar-refractivity contribution in [1.29, 1.82) is 0 Å². The first kappa shape index (κ1) is 17.2. The third-order valence-corrected chi connectivity index (χ3v) is 4.27. The second-order valence-electron chi connectivity index (χ2n) is 5.29. The maximum Gasteiger partial charge on any atom is 0.186 e. The van der Waals surface area contributed by atoms with E-state index in [4.69, 9.17) is 11.6 Å². The van der Waals surface area contributed by atoms with Crippen LogP contribution in [0.5, 0.6) is 0 Å². The van der Waals surface area contributed by atoms with Crippen molar-refractivity contribution in [1.82, 2.24) is 15.2 Å². The van der Waals surface area contributed by atoms with Gasteiger partial charge in [-0.3, -0.25) is 4.90 Å². The lowest BCUT2D eigenvalue weighted by Crippen LogP contribution is -2.34. The molecule has 1 aliphatic rings. The highest BCUT2D eigenvalue weighted by Gasteiger charge is 2.24. The molecule has 1 saturated carbocycles. The molecule has 0 aliphatic heterocycles. The molecular formula is C14H20ClN5OS. The van der Waals surface area contributed by atoms with Crippen LogP contribution >= 0.6 is 23.4 Å². The predicted octanol–water partition coefficient (Wildman–Crippen LogP) is 2.94. The van der Waals surface area contributed by atoms with Crippen LogP contribution in [0, 0.1) is 10.8 Å². The number of halogens is 1. The fraction of sp³-hybridized carbons (Fsp3) is 0.571. The van der Waals surface area contributed by atoms with Crippen LogP contribution in [0.15, 0.2) is 28.7 Å². The predicted molar refractivity (Wildman–Crippen MR) is 92.0 cm³/mol. The minimum absolute atomic E-state index is 0.515. The third-order valence-electron chi connectivity index (χ3n) is 3.44. The fourth-order valence-corrected chi connectivity index (χ4v) is 2.64. The van der Waals surface area contributed by atoms with Crippen molar-refractivity contribution >= 4 is 28.5 Å². The zero-order valence-electron chi connectivity index (χ0n) is 12.5. The summed E-state index contributed by atoms with van der Waals surface area (Å²) in [6.07, 6.45) is 6.31. The van der Waals surface area contributed by atoms with Crippen molar-refractivity contribution < 1.29 is 0 Å². The average molecular weight is 342 g/mol. The molecular weight excluding hydrogens is 322 g/mol. The average Bonchev–Trinajstić information content (AvgIpc) is 3.32. The number of rotatable bonds is 8. The molecule has 0 bridgehead atoms. The first-order valence-corrected chi connectivity index (χ1v) is 8.82. The number of nitroso groups, excluding NO2 is 1. The van der Waals surface area contributed by atoms with Gasteiger partial charge in [0, 0.05) is 32.4 Å². The second-order valence-corrected chi connectivity index (χ2v) is 6.47. The van der Waals surface area contributed by atoms with Crippen LogP contribution in [-0.2, 0) is 6.54 Å². The molecule has 0 atom stereocenters. The van der Waals surface area contributed by atoms with E-state index in [1.54, 1.807) is 0 Å². The molecule has 22 heavy (non-hydrogen) atoms. The number of hydrogen-bond acceptors (Lipinski definition) is 5. The molecule has 1 fully saturated rings. The van der Waals surface area contributed by atoms with Gasteiger partial charge >= 0.3 is 0 Å². The molecule has 2 rings (SSSR count). The standard InChI is InChI=1S/C14H20ClN5OS/c1-22-14(18-19-21)16-6-7-20(9-11-2-3-11)10-12-4-5-13(15)17-8-12/h4-5,8,11H,2-3,6-7,9-10H2,1H3,(H,16,18,21). The zero-order valence-corrected chi connectivity index (χ0v) is 14.1. The summed E-state index contributed by atoms with van der Waals surface area (Å²) in [5, 5.41) is 10.3. The lowest BCUT2D eigenvalue weighted by atomic mass is 10.2. The van der Waals surface area contributed by atoms with E-state index in [2.05, 4.69) is 25.6 Å². The van der Waals surface area contributed by atoms with Gasteiger partial charge in [0.25, 0.3) is 0 Å². The van der Waals surface area contributed by atoms with Crippen LogP contribution < -0.4 is 5.32 Å². The molecule has 6 nitrogen and oxygen atoms in total. The molecule has 1 aromatic rings. The van der Waals surface area contributed by atoms with E-state index in [-0.39, 0.29) is 0 Å². The molecule has 8 heteroatoms. The number of nitrogens with one attached hydrogen (secondary N) is 1. The van der Waals surface area contributed by atoms with Gasteiger partial charge in [-0.2, -0.15) is 0 Å². The highest BCUT2D eigenvalue weighted by atomic mass is 35.5. The van der Waals surface area contributed by atoms with Crippen LogP contribution in [0.4, 0.5) is 0 Å². The number of hydrogen-bond donors (Lipinski definition) is 1. The molecule has 0 aromatic carbocycles. The molecule has 0 unspecified atom stereocenters. The zero-order chi connectivity index (χ0) is 15.8. The lowest BCUT2D eigenvalue weighted by molar-refractivity contribution is 0.258. The molecule has 0 radical (unpaired) electrons. The Morgan fingerprint density at radius 1 is 1.55 bits per heavy atom. The van der Waals surface area contributed by atoms with Gasteiger partial charge in [-0.1, -0.05) is 34.5 Å². The second kappa shape index (κ2) is 9.07. The molecule has 1 aliphatic carbocycles. The molecule has 120 valence electrons. The molecule has 0 amide bonds. The highest BCUT2D eigenvalue weighted by molar-refractivity contribution is 8.13. The fourth-order valence-electron chi connectivity index (χ4n) is 2.17. The Balaban J connectivity index is 1.84. The van der Waals surface area contributed by atoms with Crippen molar-refractivity contribution in [2.75, 3.05) is 25.9 Å². The number of pyridine rings is 1. The van der Waals surface area contributed by atoms with Crippen LogP contribution in [0.3, 0.4) is 0 Å². The number of nitrogens with zero attached hydrogens (tertiary/aromatic N) is 4. The number of amidine groups is 1. The summed E-state index contributed by atoms with van der Waals surface area (Å²) in [5.74, 6) is 0.811. The van der Waals surface area contributed by atoms with Crippen molar-refractivity contribution in [2.24, 2.45) is 16.3 Å². The van der Waals surface area contributed by atoms with Gasteiger partial charge in [-0.15, -0.1) is 4.91 Å². The van der Waals surface area contributed by atoms with E-state index in [0.717, 1.165) is 37.7 Å². The molecule has 1 heterocycles. The van der Waals surface area contributed by atoms with E-state index >= 15 is 0 Å². The molecule has 0 spiro atoms. The van der Waals surface area contributed by atoms with Gasteiger partial charge < -0.3 is 5.32 Å². The maximum atomic E-state index is 10.2. The minimum atomic E-state index is 0.515. The van der Waals surface area contributed by atoms with Crippen LogP contribution in [0.25, 0.3) is 0 Å². The Bertz CT molecular complexity index is 506. The Labute approximate surface area is 139 Å². The first-order valence-electron chi connectivity index (χ1n) is 7.22. The number of aromatic nitrogens is 1. The summed E-state index contributed by atoms with van der Waals surface area (Å²) in [4.78, 5) is 16.7. The van der Waals surface area contributed by atoms with E-state index in [9.17, 15) is 4.91 Å². The summed E-state index contributed by atoms with van der Waals surface area (Å²) in [7, 11) is 0. The van der Waals surface area contributed by atoms with Crippen molar-refractivity contribution in [3.8, 4) is 0 Å². The minimum Gasteiger partial charge on any atom is -0.362 e. The van der Waals surface area contributed by atoms with Gasteiger partial charge in [-0.25, -0.2) is 4.98 Å². The molecule has 1 N–H and O–H groups in total. The quantitative estimate of drug-likeness (QED) is 0.259. The Kier molecular flexibility index (Phi) is 7.08. The summed E-state index contributed by atoms with van der Waals surface area (Å²) < 4.78 is 0. The first-order chi connectivity index (χ1) is 10.7. The highest BCUT2D eigenvalue weighted by Crippen LogP contribution is 2.30. The van der Waals surface area contributed by atoms with Gasteiger partial charge in [0.2, 0.25) is 0 Å². The summed E-state index contributed by atoms with van der Waals surface area (Å²) in [6.45, 7) is 3.53. The monoisotopic (exact) mass is 341 g/mol. The van der Waals surface area contributed by atoms with E-state index < -0.39 is 0 Å². The van der Waals surface area contributed by atoms with Crippen LogP contribution in [0.1, 0.15) is 18.4 Å². The van der Waals surface area contributed by atoms with Crippen molar-refractivity contribution in [2.45, 2.75) is 19.4 Å². The Morgan fingerprint density at radius 3 is 2.95 bits per heavy atom. The Hall–Kier alpha value is -1.18.